The molecule has 2 heterocycles. The number of carbonyl (C=O) groups is 1. The number of methoxy groups -OCH3 is 1. The third-order valence-electron chi connectivity index (χ3n) is 3.27. The van der Waals surface area contributed by atoms with Gasteiger partial charge in [0.05, 0.1) is 7.11 Å². The van der Waals surface area contributed by atoms with E-state index in [0.29, 0.717) is 0 Å². The Labute approximate surface area is 99.7 Å². The molecule has 1 amide bonds. The quantitative estimate of drug-likeness (QED) is 0.717. The predicted octanol–water partition coefficient (Wildman–Crippen LogP) is 1.39. The largest absolute Gasteiger partial charge is 0.497 e. The van der Waals surface area contributed by atoms with E-state index >= 15 is 0 Å². The predicted molar refractivity (Wildman–Crippen MR) is 66.0 cm³/mol. The van der Waals surface area contributed by atoms with Crippen LogP contribution < -0.4 is 15.4 Å². The van der Waals surface area contributed by atoms with Gasteiger partial charge in [-0.1, -0.05) is 0 Å². The molecule has 4 nitrogen and oxygen atoms in total. The fourth-order valence-electron chi connectivity index (χ4n) is 2.40. The van der Waals surface area contributed by atoms with Crippen molar-refractivity contribution in [3.63, 3.8) is 0 Å². The molecule has 2 aliphatic heterocycles. The number of carbonyl (C=O) groups excluding carboxylic acids is 1. The first kappa shape index (κ1) is 10.4. The summed E-state index contributed by atoms with van der Waals surface area (Å²) >= 11 is 0. The van der Waals surface area contributed by atoms with Crippen molar-refractivity contribution in [1.29, 1.82) is 0 Å². The zero-order valence-electron chi connectivity index (χ0n) is 9.67. The Morgan fingerprint density at radius 2 is 2.24 bits per heavy atom. The van der Waals surface area contributed by atoms with E-state index in [0.717, 1.165) is 42.1 Å². The molecule has 0 saturated carbocycles. The van der Waals surface area contributed by atoms with E-state index in [1.165, 1.54) is 5.57 Å². The Morgan fingerprint density at radius 1 is 1.35 bits per heavy atom. The van der Waals surface area contributed by atoms with Gasteiger partial charge in [-0.15, -0.1) is 0 Å². The van der Waals surface area contributed by atoms with Gasteiger partial charge in [0.2, 0.25) is 0 Å². The van der Waals surface area contributed by atoms with Crippen LogP contribution in [0.4, 0.5) is 5.69 Å². The molecule has 1 aromatic rings. The van der Waals surface area contributed by atoms with E-state index < -0.39 is 0 Å². The van der Waals surface area contributed by atoms with Gasteiger partial charge < -0.3 is 15.4 Å². The molecule has 2 aliphatic rings. The molecule has 1 fully saturated rings. The van der Waals surface area contributed by atoms with Crippen LogP contribution in [0.5, 0.6) is 5.75 Å². The maximum Gasteiger partial charge on any atom is 0.256 e. The van der Waals surface area contributed by atoms with Crippen LogP contribution in [-0.4, -0.2) is 26.1 Å². The maximum atomic E-state index is 12.0. The fourth-order valence-corrected chi connectivity index (χ4v) is 2.40. The van der Waals surface area contributed by atoms with E-state index in [1.54, 1.807) is 7.11 Å². The lowest BCUT2D eigenvalue weighted by atomic mass is 10.0. The molecule has 0 spiro atoms. The number of rotatable bonds is 1. The second kappa shape index (κ2) is 3.89. The minimum absolute atomic E-state index is 0.00644. The first-order chi connectivity index (χ1) is 8.29. The van der Waals surface area contributed by atoms with Crippen LogP contribution in [-0.2, 0) is 4.79 Å². The molecule has 1 saturated heterocycles. The van der Waals surface area contributed by atoms with Crippen molar-refractivity contribution < 1.29 is 9.53 Å². The molecule has 0 unspecified atom stereocenters. The van der Waals surface area contributed by atoms with Crippen LogP contribution in [0.2, 0.25) is 0 Å². The zero-order chi connectivity index (χ0) is 11.8. The van der Waals surface area contributed by atoms with E-state index in [2.05, 4.69) is 10.6 Å². The third-order valence-corrected chi connectivity index (χ3v) is 3.27. The Hall–Kier alpha value is -1.81. The van der Waals surface area contributed by atoms with Crippen molar-refractivity contribution in [1.82, 2.24) is 5.32 Å². The highest BCUT2D eigenvalue weighted by atomic mass is 16.5. The van der Waals surface area contributed by atoms with Crippen molar-refractivity contribution in [2.24, 2.45) is 0 Å². The fraction of sp³-hybridized carbons (Fsp3) is 0.308. The number of fused-ring (bicyclic) bond motifs is 1. The lowest BCUT2D eigenvalue weighted by Crippen LogP contribution is -2.08. The van der Waals surface area contributed by atoms with E-state index in [-0.39, 0.29) is 5.91 Å². The monoisotopic (exact) mass is 230 g/mol. The maximum absolute atomic E-state index is 12.0. The molecule has 0 atom stereocenters. The minimum atomic E-state index is 0.00644. The molecular weight excluding hydrogens is 216 g/mol. The molecule has 0 aromatic heterocycles. The Kier molecular flexibility index (Phi) is 2.37. The number of hydrogen-bond acceptors (Lipinski definition) is 3. The summed E-state index contributed by atoms with van der Waals surface area (Å²) in [6.45, 7) is 1.75. The second-order valence-electron chi connectivity index (χ2n) is 4.27. The van der Waals surface area contributed by atoms with Crippen molar-refractivity contribution in [2.45, 2.75) is 6.42 Å². The van der Waals surface area contributed by atoms with Gasteiger partial charge in [0.25, 0.3) is 5.91 Å². The molecule has 3 rings (SSSR count). The molecule has 2 N–H and O–H groups in total. The van der Waals surface area contributed by atoms with Gasteiger partial charge in [0.15, 0.2) is 0 Å². The number of nitrogens with one attached hydrogen (secondary N) is 2. The number of amides is 1. The van der Waals surface area contributed by atoms with E-state index in [1.807, 2.05) is 18.2 Å². The van der Waals surface area contributed by atoms with Gasteiger partial charge in [0.1, 0.15) is 5.75 Å². The first-order valence-electron chi connectivity index (χ1n) is 5.72. The van der Waals surface area contributed by atoms with Crippen LogP contribution in [0.15, 0.2) is 23.8 Å². The summed E-state index contributed by atoms with van der Waals surface area (Å²) in [5, 5.41) is 6.16. The van der Waals surface area contributed by atoms with Crippen molar-refractivity contribution >= 4 is 17.2 Å². The molecule has 17 heavy (non-hydrogen) atoms. The molecule has 4 heteroatoms. The topological polar surface area (TPSA) is 50.4 Å². The van der Waals surface area contributed by atoms with Gasteiger partial charge in [-0.3, -0.25) is 4.79 Å². The smallest absolute Gasteiger partial charge is 0.256 e. The van der Waals surface area contributed by atoms with Crippen LogP contribution >= 0.6 is 0 Å². The number of anilines is 1. The van der Waals surface area contributed by atoms with E-state index in [4.69, 9.17) is 4.74 Å². The Balaban J connectivity index is 2.14. The summed E-state index contributed by atoms with van der Waals surface area (Å²) in [7, 11) is 1.63. The first-order valence-corrected chi connectivity index (χ1v) is 5.72. The normalized spacial score (nSPS) is 22.5. The van der Waals surface area contributed by atoms with Gasteiger partial charge in [-0.2, -0.15) is 0 Å². The van der Waals surface area contributed by atoms with Crippen LogP contribution in [0.1, 0.15) is 12.0 Å². The summed E-state index contributed by atoms with van der Waals surface area (Å²) in [6, 6.07) is 5.68. The summed E-state index contributed by atoms with van der Waals surface area (Å²) in [4.78, 5) is 12.0. The molecule has 0 radical (unpaired) electrons. The Morgan fingerprint density at radius 3 is 2.94 bits per heavy atom. The SMILES string of the molecule is COc1ccc2c(c1)/C(=C1\CCNC1)C(=O)N2. The average molecular weight is 230 g/mol. The molecule has 88 valence electrons. The Bertz CT molecular complexity index is 512. The number of hydrogen-bond donors (Lipinski definition) is 2. The van der Waals surface area contributed by atoms with Crippen molar-refractivity contribution in [3.8, 4) is 5.75 Å². The van der Waals surface area contributed by atoms with Gasteiger partial charge >= 0.3 is 0 Å². The third kappa shape index (κ3) is 1.61. The molecule has 1 aromatic carbocycles. The number of ether oxygens (including phenoxy) is 1. The average Bonchev–Trinajstić information content (AvgIpc) is 2.93. The summed E-state index contributed by atoms with van der Waals surface area (Å²) in [5.74, 6) is 0.788. The molecule has 0 aliphatic carbocycles. The van der Waals surface area contributed by atoms with Gasteiger partial charge in [-0.05, 0) is 36.7 Å². The summed E-state index contributed by atoms with van der Waals surface area (Å²) in [6.07, 6.45) is 0.944. The van der Waals surface area contributed by atoms with Crippen LogP contribution in [0, 0.1) is 0 Å². The van der Waals surface area contributed by atoms with Crippen molar-refractivity contribution in [3.05, 3.63) is 29.3 Å². The zero-order valence-corrected chi connectivity index (χ0v) is 9.67. The lowest BCUT2D eigenvalue weighted by molar-refractivity contribution is -0.110. The standard InChI is InChI=1S/C13H14N2O2/c1-17-9-2-3-11-10(6-9)12(13(16)15-11)8-4-5-14-7-8/h2-3,6,14H,4-5,7H2,1H3,(H,15,16)/b12-8-. The minimum Gasteiger partial charge on any atom is -0.497 e. The molecule has 0 bridgehead atoms. The van der Waals surface area contributed by atoms with Gasteiger partial charge in [-0.25, -0.2) is 0 Å². The second-order valence-corrected chi connectivity index (χ2v) is 4.27. The highest BCUT2D eigenvalue weighted by Gasteiger charge is 2.28. The van der Waals surface area contributed by atoms with Crippen LogP contribution in [0.25, 0.3) is 5.57 Å². The molecular formula is C13H14N2O2. The number of benzene rings is 1. The lowest BCUT2D eigenvalue weighted by Gasteiger charge is -2.04. The van der Waals surface area contributed by atoms with Crippen LogP contribution in [0.3, 0.4) is 0 Å². The highest BCUT2D eigenvalue weighted by molar-refractivity contribution is 6.32. The highest BCUT2D eigenvalue weighted by Crippen LogP contribution is 2.37. The summed E-state index contributed by atoms with van der Waals surface area (Å²) < 4.78 is 5.21. The van der Waals surface area contributed by atoms with Crippen molar-refractivity contribution in [2.75, 3.05) is 25.5 Å². The van der Waals surface area contributed by atoms with Gasteiger partial charge in [0, 0.05) is 23.4 Å². The van der Waals surface area contributed by atoms with E-state index in [9.17, 15) is 4.79 Å². The summed E-state index contributed by atoms with van der Waals surface area (Å²) in [5.41, 5.74) is 3.86.